The Labute approximate surface area is 83.5 Å². The average Bonchev–Trinajstić information content (AvgIpc) is 2.07. The first-order valence-corrected chi connectivity index (χ1v) is 5.79. The van der Waals surface area contributed by atoms with Crippen molar-refractivity contribution in [3.8, 4) is 0 Å². The van der Waals surface area contributed by atoms with E-state index in [2.05, 4.69) is 25.8 Å². The lowest BCUT2D eigenvalue weighted by atomic mass is 9.83. The van der Waals surface area contributed by atoms with Gasteiger partial charge in [0, 0.05) is 0 Å². The molecule has 0 aromatic heterocycles. The number of rotatable bonds is 0. The molecule has 1 nitrogen and oxygen atoms in total. The fourth-order valence-corrected chi connectivity index (χ4v) is 2.07. The normalized spacial score (nSPS) is 27.0. The van der Waals surface area contributed by atoms with E-state index < -0.39 is 0 Å². The van der Waals surface area contributed by atoms with Crippen molar-refractivity contribution in [1.29, 1.82) is 0 Å². The molecule has 0 unspecified atom stereocenters. The van der Waals surface area contributed by atoms with Gasteiger partial charge in [0.1, 0.15) is 0 Å². The van der Waals surface area contributed by atoms with Gasteiger partial charge in [-0.05, 0) is 44.8 Å². The molecule has 0 aromatic rings. The van der Waals surface area contributed by atoms with Crippen LogP contribution in [-0.4, -0.2) is 25.0 Å². The maximum absolute atomic E-state index is 2.49. The van der Waals surface area contributed by atoms with Crippen LogP contribution >= 0.6 is 0 Å². The molecule has 78 valence electrons. The molecule has 0 aliphatic carbocycles. The minimum atomic E-state index is 0.575. The van der Waals surface area contributed by atoms with Crippen LogP contribution in [0.25, 0.3) is 0 Å². The number of hydrogen-bond acceptors (Lipinski definition) is 1. The summed E-state index contributed by atoms with van der Waals surface area (Å²) in [5.74, 6) is 0. The molecule has 0 aromatic carbocycles. The second-order valence-electron chi connectivity index (χ2n) is 5.38. The van der Waals surface area contributed by atoms with E-state index >= 15 is 0 Å². The van der Waals surface area contributed by atoms with Gasteiger partial charge < -0.3 is 4.90 Å². The number of hydrogen-bond donors (Lipinski definition) is 0. The fraction of sp³-hybridized carbons (Fsp3) is 1.00. The zero-order chi connectivity index (χ0) is 9.73. The predicted molar refractivity (Wildman–Crippen MR) is 59.0 cm³/mol. The van der Waals surface area contributed by atoms with Gasteiger partial charge in [-0.1, -0.05) is 33.1 Å². The molecule has 0 spiro atoms. The van der Waals surface area contributed by atoms with Crippen molar-refractivity contribution < 1.29 is 0 Å². The quantitative estimate of drug-likeness (QED) is 0.557. The van der Waals surface area contributed by atoms with Gasteiger partial charge >= 0.3 is 0 Å². The highest BCUT2D eigenvalue weighted by Crippen LogP contribution is 2.28. The van der Waals surface area contributed by atoms with E-state index in [4.69, 9.17) is 0 Å². The largest absolute Gasteiger partial charge is 0.306 e. The van der Waals surface area contributed by atoms with E-state index in [1.165, 1.54) is 51.6 Å². The highest BCUT2D eigenvalue weighted by atomic mass is 15.1. The molecule has 0 bridgehead atoms. The van der Waals surface area contributed by atoms with Crippen molar-refractivity contribution in [2.45, 2.75) is 52.4 Å². The van der Waals surface area contributed by atoms with Crippen LogP contribution in [0.3, 0.4) is 0 Å². The maximum Gasteiger partial charge on any atom is -0.00167 e. The minimum absolute atomic E-state index is 0.575. The molecule has 1 rings (SSSR count). The van der Waals surface area contributed by atoms with Crippen LogP contribution in [-0.2, 0) is 0 Å². The topological polar surface area (TPSA) is 3.24 Å². The Balaban J connectivity index is 2.37. The summed E-state index contributed by atoms with van der Waals surface area (Å²) in [6.45, 7) is 7.42. The molecule has 13 heavy (non-hydrogen) atoms. The lowest BCUT2D eigenvalue weighted by molar-refractivity contribution is 0.218. The molecule has 0 radical (unpaired) electrons. The van der Waals surface area contributed by atoms with Gasteiger partial charge in [0.2, 0.25) is 0 Å². The predicted octanol–water partition coefficient (Wildman–Crippen LogP) is 3.30. The first-order valence-electron chi connectivity index (χ1n) is 5.79. The summed E-state index contributed by atoms with van der Waals surface area (Å²) in [6, 6.07) is 0. The standard InChI is InChI=1S/C12H25N/c1-12(2)8-6-4-5-7-10-13(3)11-9-12/h4-11H2,1-3H3. The molecule has 0 N–H and O–H groups in total. The third kappa shape index (κ3) is 4.66. The van der Waals surface area contributed by atoms with E-state index in [9.17, 15) is 0 Å². The SMILES string of the molecule is CN1CCCCCCC(C)(C)CC1. The maximum atomic E-state index is 2.49. The van der Waals surface area contributed by atoms with E-state index in [1.807, 2.05) is 0 Å². The monoisotopic (exact) mass is 183 g/mol. The molecular formula is C12H25N. The van der Waals surface area contributed by atoms with E-state index in [0.29, 0.717) is 5.41 Å². The molecule has 1 aliphatic heterocycles. The average molecular weight is 183 g/mol. The first kappa shape index (κ1) is 11.0. The lowest BCUT2D eigenvalue weighted by Crippen LogP contribution is -2.26. The Kier molecular flexibility index (Phi) is 4.24. The Morgan fingerprint density at radius 1 is 0.846 bits per heavy atom. The van der Waals surface area contributed by atoms with Crippen LogP contribution in [0.2, 0.25) is 0 Å². The fourth-order valence-electron chi connectivity index (χ4n) is 2.07. The second kappa shape index (κ2) is 4.99. The van der Waals surface area contributed by atoms with Crippen molar-refractivity contribution in [1.82, 2.24) is 4.90 Å². The highest BCUT2D eigenvalue weighted by Gasteiger charge is 2.18. The van der Waals surface area contributed by atoms with Crippen LogP contribution in [0.1, 0.15) is 52.4 Å². The number of nitrogens with zero attached hydrogens (tertiary/aromatic N) is 1. The summed E-state index contributed by atoms with van der Waals surface area (Å²) < 4.78 is 0. The van der Waals surface area contributed by atoms with Gasteiger partial charge in [0.05, 0.1) is 0 Å². The molecule has 1 heteroatoms. The summed E-state index contributed by atoms with van der Waals surface area (Å²) >= 11 is 0. The molecular weight excluding hydrogens is 158 g/mol. The van der Waals surface area contributed by atoms with Crippen LogP contribution in [0.4, 0.5) is 0 Å². The van der Waals surface area contributed by atoms with Crippen LogP contribution in [0.15, 0.2) is 0 Å². The summed E-state index contributed by atoms with van der Waals surface area (Å²) in [4.78, 5) is 2.49. The van der Waals surface area contributed by atoms with E-state index in [-0.39, 0.29) is 0 Å². The van der Waals surface area contributed by atoms with Gasteiger partial charge in [-0.3, -0.25) is 0 Å². The Morgan fingerprint density at radius 3 is 2.31 bits per heavy atom. The summed E-state index contributed by atoms with van der Waals surface area (Å²) in [5, 5.41) is 0. The zero-order valence-corrected chi connectivity index (χ0v) is 9.60. The minimum Gasteiger partial charge on any atom is -0.306 e. The van der Waals surface area contributed by atoms with Crippen molar-refractivity contribution in [2.24, 2.45) is 5.41 Å². The van der Waals surface area contributed by atoms with Gasteiger partial charge in [-0.25, -0.2) is 0 Å². The third-order valence-corrected chi connectivity index (χ3v) is 3.31. The van der Waals surface area contributed by atoms with E-state index in [1.54, 1.807) is 0 Å². The van der Waals surface area contributed by atoms with Gasteiger partial charge in [-0.2, -0.15) is 0 Å². The molecule has 0 amide bonds. The van der Waals surface area contributed by atoms with Crippen molar-refractivity contribution >= 4 is 0 Å². The summed E-state index contributed by atoms with van der Waals surface area (Å²) in [5.41, 5.74) is 0.575. The first-order chi connectivity index (χ1) is 6.10. The second-order valence-corrected chi connectivity index (χ2v) is 5.38. The molecule has 0 saturated carbocycles. The molecule has 1 fully saturated rings. The summed E-state index contributed by atoms with van der Waals surface area (Å²) in [6.07, 6.45) is 8.50. The summed E-state index contributed by atoms with van der Waals surface area (Å²) in [7, 11) is 2.26. The molecule has 0 atom stereocenters. The smallest absolute Gasteiger partial charge is 0.00167 e. The van der Waals surface area contributed by atoms with Crippen LogP contribution in [0, 0.1) is 5.41 Å². The van der Waals surface area contributed by atoms with Gasteiger partial charge in [0.25, 0.3) is 0 Å². The third-order valence-electron chi connectivity index (χ3n) is 3.31. The van der Waals surface area contributed by atoms with Gasteiger partial charge in [0.15, 0.2) is 0 Å². The Morgan fingerprint density at radius 2 is 1.54 bits per heavy atom. The zero-order valence-electron chi connectivity index (χ0n) is 9.60. The molecule has 1 saturated heterocycles. The van der Waals surface area contributed by atoms with Gasteiger partial charge in [-0.15, -0.1) is 0 Å². The Hall–Kier alpha value is -0.0400. The lowest BCUT2D eigenvalue weighted by Gasteiger charge is -2.29. The van der Waals surface area contributed by atoms with Crippen molar-refractivity contribution in [3.05, 3.63) is 0 Å². The van der Waals surface area contributed by atoms with Crippen molar-refractivity contribution in [3.63, 3.8) is 0 Å². The van der Waals surface area contributed by atoms with Crippen molar-refractivity contribution in [2.75, 3.05) is 20.1 Å². The van der Waals surface area contributed by atoms with E-state index in [0.717, 1.165) is 0 Å². The Bertz CT molecular complexity index is 140. The molecule has 1 aliphatic rings. The van der Waals surface area contributed by atoms with Crippen LogP contribution < -0.4 is 0 Å². The van der Waals surface area contributed by atoms with Crippen LogP contribution in [0.5, 0.6) is 0 Å². The molecule has 1 heterocycles. The highest BCUT2D eigenvalue weighted by molar-refractivity contribution is 4.71.